The molecule has 2 aromatic carbocycles. The van der Waals surface area contributed by atoms with Crippen molar-refractivity contribution in [1.82, 2.24) is 4.90 Å². The number of amides is 2. The van der Waals surface area contributed by atoms with E-state index in [9.17, 15) is 18.4 Å². The lowest BCUT2D eigenvalue weighted by Crippen LogP contribution is -2.59. The van der Waals surface area contributed by atoms with Gasteiger partial charge in [0, 0.05) is 13.1 Å². The summed E-state index contributed by atoms with van der Waals surface area (Å²) >= 11 is 0. The highest BCUT2D eigenvalue weighted by molar-refractivity contribution is 5.95. The smallest absolute Gasteiger partial charge is 0.256 e. The number of primary amides is 1. The van der Waals surface area contributed by atoms with E-state index in [2.05, 4.69) is 0 Å². The molecule has 2 aromatic rings. The van der Waals surface area contributed by atoms with Gasteiger partial charge in [0.15, 0.2) is 0 Å². The van der Waals surface area contributed by atoms with Crippen molar-refractivity contribution in [1.29, 1.82) is 0 Å². The molecule has 0 spiro atoms. The molecule has 1 saturated heterocycles. The summed E-state index contributed by atoms with van der Waals surface area (Å²) in [5, 5.41) is 0. The van der Waals surface area contributed by atoms with Crippen LogP contribution in [0.15, 0.2) is 42.5 Å². The van der Waals surface area contributed by atoms with E-state index in [4.69, 9.17) is 11.5 Å². The lowest BCUT2D eigenvalue weighted by Gasteiger charge is -2.37. The molecule has 26 heavy (non-hydrogen) atoms. The summed E-state index contributed by atoms with van der Waals surface area (Å²) in [6.07, 6.45) is 0.479. The third kappa shape index (κ3) is 3.43. The van der Waals surface area contributed by atoms with Crippen LogP contribution in [0.5, 0.6) is 0 Å². The Bertz CT molecular complexity index is 844. The SMILES string of the molecule is NC(=O)C1(N)CCN(C(=O)c2ccc(-c3ccc(F)cc3)cc2F)CC1. The van der Waals surface area contributed by atoms with Crippen LogP contribution in [0.1, 0.15) is 23.2 Å². The first-order valence-corrected chi connectivity index (χ1v) is 8.24. The van der Waals surface area contributed by atoms with Crippen LogP contribution >= 0.6 is 0 Å². The number of carbonyl (C=O) groups excluding carboxylic acids is 2. The van der Waals surface area contributed by atoms with Gasteiger partial charge in [-0.25, -0.2) is 8.78 Å². The topological polar surface area (TPSA) is 89.4 Å². The van der Waals surface area contributed by atoms with Crippen molar-refractivity contribution in [2.75, 3.05) is 13.1 Å². The molecule has 0 saturated carbocycles. The van der Waals surface area contributed by atoms with Crippen molar-refractivity contribution in [3.05, 3.63) is 59.7 Å². The second-order valence-corrected chi connectivity index (χ2v) is 6.51. The lowest BCUT2D eigenvalue weighted by atomic mass is 9.87. The Labute approximate surface area is 149 Å². The number of carbonyl (C=O) groups is 2. The van der Waals surface area contributed by atoms with Crippen molar-refractivity contribution in [2.24, 2.45) is 11.5 Å². The van der Waals surface area contributed by atoms with Gasteiger partial charge >= 0.3 is 0 Å². The zero-order valence-corrected chi connectivity index (χ0v) is 14.0. The summed E-state index contributed by atoms with van der Waals surface area (Å²) in [5.41, 5.74) is 11.2. The number of piperidine rings is 1. The quantitative estimate of drug-likeness (QED) is 0.879. The Morgan fingerprint density at radius 3 is 2.08 bits per heavy atom. The molecule has 0 aromatic heterocycles. The average Bonchev–Trinajstić information content (AvgIpc) is 2.62. The molecule has 0 atom stereocenters. The van der Waals surface area contributed by atoms with Gasteiger partial charge in [-0.05, 0) is 48.2 Å². The Hall–Kier alpha value is -2.80. The largest absolute Gasteiger partial charge is 0.368 e. The summed E-state index contributed by atoms with van der Waals surface area (Å²) in [4.78, 5) is 25.4. The highest BCUT2D eigenvalue weighted by Crippen LogP contribution is 2.25. The third-order valence-electron chi connectivity index (χ3n) is 4.81. The van der Waals surface area contributed by atoms with Gasteiger partial charge in [-0.15, -0.1) is 0 Å². The highest BCUT2D eigenvalue weighted by atomic mass is 19.1. The van der Waals surface area contributed by atoms with Gasteiger partial charge in [0.25, 0.3) is 5.91 Å². The fraction of sp³-hybridized carbons (Fsp3) is 0.263. The Kier molecular flexibility index (Phi) is 4.73. The zero-order valence-electron chi connectivity index (χ0n) is 14.0. The second kappa shape index (κ2) is 6.84. The van der Waals surface area contributed by atoms with E-state index in [0.29, 0.717) is 11.1 Å². The molecule has 5 nitrogen and oxygen atoms in total. The molecule has 2 amide bonds. The Balaban J connectivity index is 1.76. The fourth-order valence-electron chi connectivity index (χ4n) is 3.04. The predicted octanol–water partition coefficient (Wildman–Crippen LogP) is 2.05. The van der Waals surface area contributed by atoms with Crippen molar-refractivity contribution in [2.45, 2.75) is 18.4 Å². The molecule has 1 heterocycles. The van der Waals surface area contributed by atoms with E-state index >= 15 is 0 Å². The minimum Gasteiger partial charge on any atom is -0.368 e. The molecule has 0 unspecified atom stereocenters. The van der Waals surface area contributed by atoms with Gasteiger partial charge in [0.2, 0.25) is 5.91 Å². The summed E-state index contributed by atoms with van der Waals surface area (Å²) in [5.74, 6) is -2.09. The minimum absolute atomic E-state index is 0.0561. The molecule has 1 aliphatic heterocycles. The monoisotopic (exact) mass is 359 g/mol. The van der Waals surface area contributed by atoms with E-state index in [-0.39, 0.29) is 37.3 Å². The van der Waals surface area contributed by atoms with Crippen LogP contribution in [-0.2, 0) is 4.79 Å². The van der Waals surface area contributed by atoms with E-state index < -0.39 is 23.2 Å². The van der Waals surface area contributed by atoms with Gasteiger partial charge in [-0.3, -0.25) is 9.59 Å². The first kappa shape index (κ1) is 18.0. The normalized spacial score (nSPS) is 16.3. The van der Waals surface area contributed by atoms with E-state index in [1.807, 2.05) is 0 Å². The van der Waals surface area contributed by atoms with Gasteiger partial charge in [-0.2, -0.15) is 0 Å². The summed E-state index contributed by atoms with van der Waals surface area (Å²) in [7, 11) is 0. The number of benzene rings is 2. The molecule has 136 valence electrons. The summed E-state index contributed by atoms with van der Waals surface area (Å²) in [6, 6.07) is 9.94. The number of hydrogen-bond donors (Lipinski definition) is 2. The van der Waals surface area contributed by atoms with Crippen molar-refractivity contribution >= 4 is 11.8 Å². The molecule has 1 aliphatic rings. The molecular formula is C19H19F2N3O2. The number of likely N-dealkylation sites (tertiary alicyclic amines) is 1. The number of hydrogen-bond acceptors (Lipinski definition) is 3. The number of nitrogens with zero attached hydrogens (tertiary/aromatic N) is 1. The van der Waals surface area contributed by atoms with Gasteiger partial charge in [0.1, 0.15) is 11.6 Å². The van der Waals surface area contributed by atoms with Crippen LogP contribution in [0.25, 0.3) is 11.1 Å². The van der Waals surface area contributed by atoms with E-state index in [0.717, 1.165) is 0 Å². The molecule has 1 fully saturated rings. The summed E-state index contributed by atoms with van der Waals surface area (Å²) < 4.78 is 27.5. The fourth-order valence-corrected chi connectivity index (χ4v) is 3.04. The second-order valence-electron chi connectivity index (χ2n) is 6.51. The predicted molar refractivity (Wildman–Crippen MR) is 93.0 cm³/mol. The van der Waals surface area contributed by atoms with Crippen LogP contribution in [0.2, 0.25) is 0 Å². The molecule has 0 aliphatic carbocycles. The van der Waals surface area contributed by atoms with Crippen LogP contribution in [0, 0.1) is 11.6 Å². The van der Waals surface area contributed by atoms with Crippen molar-refractivity contribution < 1.29 is 18.4 Å². The Morgan fingerprint density at radius 1 is 0.962 bits per heavy atom. The highest BCUT2D eigenvalue weighted by Gasteiger charge is 2.37. The molecule has 7 heteroatoms. The lowest BCUT2D eigenvalue weighted by molar-refractivity contribution is -0.124. The molecular weight excluding hydrogens is 340 g/mol. The van der Waals surface area contributed by atoms with E-state index in [1.165, 1.54) is 29.2 Å². The number of halogens is 2. The number of nitrogens with two attached hydrogens (primary N) is 2. The first-order chi connectivity index (χ1) is 12.3. The minimum atomic E-state index is -1.12. The zero-order chi connectivity index (χ0) is 18.9. The van der Waals surface area contributed by atoms with Crippen LogP contribution in [0.3, 0.4) is 0 Å². The van der Waals surface area contributed by atoms with Gasteiger partial charge < -0.3 is 16.4 Å². The van der Waals surface area contributed by atoms with Crippen LogP contribution < -0.4 is 11.5 Å². The maximum absolute atomic E-state index is 14.5. The van der Waals surface area contributed by atoms with Gasteiger partial charge in [-0.1, -0.05) is 18.2 Å². The van der Waals surface area contributed by atoms with Crippen molar-refractivity contribution in [3.63, 3.8) is 0 Å². The van der Waals surface area contributed by atoms with E-state index in [1.54, 1.807) is 18.2 Å². The van der Waals surface area contributed by atoms with Crippen LogP contribution in [-0.4, -0.2) is 35.3 Å². The third-order valence-corrected chi connectivity index (χ3v) is 4.81. The molecule has 3 rings (SSSR count). The maximum Gasteiger partial charge on any atom is 0.256 e. The average molecular weight is 359 g/mol. The molecule has 0 bridgehead atoms. The standard InChI is InChI=1S/C19H19F2N3O2/c20-14-4-1-12(2-5-14)13-3-6-15(16(21)11-13)17(25)24-9-7-19(23,8-10-24)18(22)26/h1-6,11H,7-10,23H2,(H2,22,26). The number of rotatable bonds is 3. The Morgan fingerprint density at radius 2 is 1.54 bits per heavy atom. The molecule has 4 N–H and O–H groups in total. The first-order valence-electron chi connectivity index (χ1n) is 8.24. The maximum atomic E-state index is 14.5. The van der Waals surface area contributed by atoms with Crippen LogP contribution in [0.4, 0.5) is 8.78 Å². The summed E-state index contributed by atoms with van der Waals surface area (Å²) in [6.45, 7) is 0.467. The van der Waals surface area contributed by atoms with Crippen molar-refractivity contribution in [3.8, 4) is 11.1 Å². The molecule has 0 radical (unpaired) electrons. The van der Waals surface area contributed by atoms with Gasteiger partial charge in [0.05, 0.1) is 11.1 Å².